The first-order valence-electron chi connectivity index (χ1n) is 9.60. The van der Waals surface area contributed by atoms with Gasteiger partial charge in [-0.05, 0) is 37.4 Å². The minimum atomic E-state index is 0.117. The van der Waals surface area contributed by atoms with Crippen LogP contribution in [0.25, 0.3) is 17.1 Å². The summed E-state index contributed by atoms with van der Waals surface area (Å²) >= 11 is 1.49. The van der Waals surface area contributed by atoms with E-state index < -0.39 is 0 Å². The Balaban J connectivity index is 1.46. The first-order valence-corrected chi connectivity index (χ1v) is 10.5. The molecule has 0 radical (unpaired) electrons. The second-order valence-electron chi connectivity index (χ2n) is 7.18. The van der Waals surface area contributed by atoms with Crippen molar-refractivity contribution >= 4 is 28.7 Å². The van der Waals surface area contributed by atoms with Crippen LogP contribution in [0.3, 0.4) is 0 Å². The number of aromatic nitrogens is 3. The summed E-state index contributed by atoms with van der Waals surface area (Å²) in [7, 11) is 0. The summed E-state index contributed by atoms with van der Waals surface area (Å²) in [5.41, 5.74) is 3.65. The average Bonchev–Trinajstić information content (AvgIpc) is 3.49. The molecule has 0 aliphatic carbocycles. The quantitative estimate of drug-likeness (QED) is 0.519. The highest BCUT2D eigenvalue weighted by atomic mass is 32.1. The van der Waals surface area contributed by atoms with E-state index in [0.717, 1.165) is 52.1 Å². The number of nitrogens with zero attached hydrogens (tertiary/aromatic N) is 5. The van der Waals surface area contributed by atoms with Gasteiger partial charge in [-0.15, -0.1) is 11.3 Å². The zero-order valence-corrected chi connectivity index (χ0v) is 17.1. The molecule has 1 amide bonds. The Labute approximate surface area is 172 Å². The molecule has 5 heterocycles. The molecule has 148 valence electrons. The second kappa shape index (κ2) is 7.04. The summed E-state index contributed by atoms with van der Waals surface area (Å²) < 4.78 is 7.41. The number of furan rings is 1. The fraction of sp³-hybridized carbons (Fsp3) is 0.286. The van der Waals surface area contributed by atoms with E-state index in [2.05, 4.69) is 11.8 Å². The number of rotatable bonds is 3. The highest BCUT2D eigenvalue weighted by Gasteiger charge is 2.26. The number of amides is 1. The zero-order valence-electron chi connectivity index (χ0n) is 16.3. The molecule has 4 aromatic rings. The molecule has 0 unspecified atom stereocenters. The lowest BCUT2D eigenvalue weighted by molar-refractivity contribution is 0.0751. The lowest BCUT2D eigenvalue weighted by Gasteiger charge is -2.36. The van der Waals surface area contributed by atoms with Gasteiger partial charge in [0, 0.05) is 43.5 Å². The molecule has 0 aromatic carbocycles. The summed E-state index contributed by atoms with van der Waals surface area (Å²) in [5, 5.41) is 6.71. The summed E-state index contributed by atoms with van der Waals surface area (Å²) in [5.74, 6) is 1.88. The van der Waals surface area contributed by atoms with Gasteiger partial charge in [-0.3, -0.25) is 4.79 Å². The van der Waals surface area contributed by atoms with Crippen molar-refractivity contribution < 1.29 is 9.21 Å². The Bertz CT molecular complexity index is 1160. The number of aryl methyl sites for hydroxylation is 1. The Morgan fingerprint density at radius 1 is 1.14 bits per heavy atom. The van der Waals surface area contributed by atoms with Crippen molar-refractivity contribution in [2.45, 2.75) is 13.8 Å². The second-order valence-corrected chi connectivity index (χ2v) is 8.13. The van der Waals surface area contributed by atoms with Crippen molar-refractivity contribution in [1.29, 1.82) is 0 Å². The number of hydrogen-bond acceptors (Lipinski definition) is 6. The van der Waals surface area contributed by atoms with Crippen LogP contribution in [0.15, 0.2) is 46.4 Å². The molecule has 0 saturated carbocycles. The Morgan fingerprint density at radius 2 is 1.97 bits per heavy atom. The third-order valence-electron chi connectivity index (χ3n) is 5.42. The van der Waals surface area contributed by atoms with Crippen molar-refractivity contribution in [3.8, 4) is 11.5 Å². The average molecular weight is 407 g/mol. The molecule has 1 saturated heterocycles. The maximum absolute atomic E-state index is 12.7. The predicted octanol–water partition coefficient (Wildman–Crippen LogP) is 3.63. The highest BCUT2D eigenvalue weighted by molar-refractivity contribution is 7.12. The van der Waals surface area contributed by atoms with Gasteiger partial charge in [0.2, 0.25) is 0 Å². The van der Waals surface area contributed by atoms with Crippen LogP contribution >= 0.6 is 11.3 Å². The van der Waals surface area contributed by atoms with Crippen molar-refractivity contribution in [2.75, 3.05) is 31.1 Å². The third kappa shape index (κ3) is 3.09. The molecule has 5 rings (SSSR count). The van der Waals surface area contributed by atoms with Crippen LogP contribution < -0.4 is 4.90 Å². The Morgan fingerprint density at radius 3 is 2.66 bits per heavy atom. The van der Waals surface area contributed by atoms with Gasteiger partial charge in [-0.25, -0.2) is 4.98 Å². The molecule has 29 heavy (non-hydrogen) atoms. The molecular formula is C21H21N5O2S. The molecule has 0 N–H and O–H groups in total. The van der Waals surface area contributed by atoms with Crippen LogP contribution in [0.5, 0.6) is 0 Å². The molecule has 1 fully saturated rings. The van der Waals surface area contributed by atoms with Gasteiger partial charge in [0.1, 0.15) is 11.5 Å². The van der Waals surface area contributed by atoms with Crippen LogP contribution in [-0.4, -0.2) is 51.6 Å². The Hall–Kier alpha value is -3.13. The van der Waals surface area contributed by atoms with Gasteiger partial charge in [-0.2, -0.15) is 9.61 Å². The van der Waals surface area contributed by atoms with Gasteiger partial charge in [0.15, 0.2) is 11.4 Å². The third-order valence-corrected chi connectivity index (χ3v) is 6.28. The number of thiophene rings is 1. The summed E-state index contributed by atoms with van der Waals surface area (Å²) in [6.07, 6.45) is 1.65. The number of carbonyl (C=O) groups excluding carboxylic acids is 1. The summed E-state index contributed by atoms with van der Waals surface area (Å²) in [6.45, 7) is 6.99. The molecule has 1 aliphatic rings. The largest absolute Gasteiger partial charge is 0.463 e. The standard InChI is InChI=1S/C21H21N5O2S/c1-14-15(2)22-19-13-16(17-5-3-11-28-17)23-26(19)20(14)24-7-9-25(10-8-24)21(27)18-6-4-12-29-18/h3-6,11-13H,7-10H2,1-2H3. The molecule has 0 spiro atoms. The van der Waals surface area contributed by atoms with Crippen LogP contribution in [0.2, 0.25) is 0 Å². The van der Waals surface area contributed by atoms with E-state index in [1.165, 1.54) is 11.3 Å². The van der Waals surface area contributed by atoms with Crippen molar-refractivity contribution in [1.82, 2.24) is 19.5 Å². The van der Waals surface area contributed by atoms with Gasteiger partial charge < -0.3 is 14.2 Å². The number of hydrogen-bond donors (Lipinski definition) is 0. The molecule has 0 bridgehead atoms. The Kier molecular flexibility index (Phi) is 4.35. The molecule has 7 nitrogen and oxygen atoms in total. The lowest BCUT2D eigenvalue weighted by atomic mass is 10.2. The lowest BCUT2D eigenvalue weighted by Crippen LogP contribution is -2.49. The van der Waals surface area contributed by atoms with E-state index in [9.17, 15) is 4.79 Å². The van der Waals surface area contributed by atoms with E-state index in [-0.39, 0.29) is 5.91 Å². The first-order chi connectivity index (χ1) is 14.1. The van der Waals surface area contributed by atoms with Gasteiger partial charge in [-0.1, -0.05) is 6.07 Å². The van der Waals surface area contributed by atoms with Gasteiger partial charge >= 0.3 is 0 Å². The SMILES string of the molecule is Cc1nc2cc(-c3ccco3)nn2c(N2CCN(C(=O)c3cccs3)CC2)c1C. The predicted molar refractivity (Wildman–Crippen MR) is 113 cm³/mol. The fourth-order valence-corrected chi connectivity index (χ4v) is 4.47. The maximum atomic E-state index is 12.7. The van der Waals surface area contributed by atoms with Crippen LogP contribution in [0.1, 0.15) is 20.9 Å². The molecule has 1 aliphatic heterocycles. The minimum Gasteiger partial charge on any atom is -0.463 e. The zero-order chi connectivity index (χ0) is 20.0. The van der Waals surface area contributed by atoms with Crippen LogP contribution in [0, 0.1) is 13.8 Å². The van der Waals surface area contributed by atoms with Gasteiger partial charge in [0.25, 0.3) is 5.91 Å². The maximum Gasteiger partial charge on any atom is 0.264 e. The fourth-order valence-electron chi connectivity index (χ4n) is 3.78. The normalized spacial score (nSPS) is 14.7. The smallest absolute Gasteiger partial charge is 0.264 e. The number of anilines is 1. The molecular weight excluding hydrogens is 386 g/mol. The number of piperazine rings is 1. The first kappa shape index (κ1) is 17.9. The van der Waals surface area contributed by atoms with E-state index in [1.807, 2.05) is 52.1 Å². The van der Waals surface area contributed by atoms with Crippen molar-refractivity contribution in [2.24, 2.45) is 0 Å². The monoisotopic (exact) mass is 407 g/mol. The van der Waals surface area contributed by atoms with Gasteiger partial charge in [0.05, 0.1) is 11.1 Å². The van der Waals surface area contributed by atoms with Crippen LogP contribution in [-0.2, 0) is 0 Å². The molecule has 4 aromatic heterocycles. The summed E-state index contributed by atoms with van der Waals surface area (Å²) in [4.78, 5) is 22.4. The van der Waals surface area contributed by atoms with E-state index in [4.69, 9.17) is 14.5 Å². The van der Waals surface area contributed by atoms with Crippen LogP contribution in [0.4, 0.5) is 5.82 Å². The summed E-state index contributed by atoms with van der Waals surface area (Å²) in [6, 6.07) is 9.51. The minimum absolute atomic E-state index is 0.117. The van der Waals surface area contributed by atoms with E-state index in [1.54, 1.807) is 6.26 Å². The number of carbonyl (C=O) groups is 1. The topological polar surface area (TPSA) is 66.9 Å². The van der Waals surface area contributed by atoms with Crippen molar-refractivity contribution in [3.05, 3.63) is 58.1 Å². The van der Waals surface area contributed by atoms with E-state index in [0.29, 0.717) is 13.1 Å². The van der Waals surface area contributed by atoms with E-state index >= 15 is 0 Å². The van der Waals surface area contributed by atoms with Crippen molar-refractivity contribution in [3.63, 3.8) is 0 Å². The number of fused-ring (bicyclic) bond motifs is 1. The molecule has 8 heteroatoms. The highest BCUT2D eigenvalue weighted by Crippen LogP contribution is 2.28. The molecule has 0 atom stereocenters.